The van der Waals surface area contributed by atoms with Gasteiger partial charge in [-0.3, -0.25) is 9.59 Å². The zero-order chi connectivity index (χ0) is 13.7. The Morgan fingerprint density at radius 2 is 2.00 bits per heavy atom. The maximum absolute atomic E-state index is 11.8. The summed E-state index contributed by atoms with van der Waals surface area (Å²) < 4.78 is 5.50. The van der Waals surface area contributed by atoms with Crippen LogP contribution >= 0.6 is 0 Å². The number of carbonyl (C=O) groups is 2. The summed E-state index contributed by atoms with van der Waals surface area (Å²) in [6, 6.07) is 0. The van der Waals surface area contributed by atoms with E-state index in [2.05, 4.69) is 5.32 Å². The number of hydrogen-bond donors (Lipinski definition) is 2. The minimum Gasteiger partial charge on any atom is -0.364 e. The number of nitrogens with zero attached hydrogens (tertiary/aromatic N) is 1. The molecule has 2 atom stereocenters. The molecule has 19 heavy (non-hydrogen) atoms. The van der Waals surface area contributed by atoms with Gasteiger partial charge in [0.15, 0.2) is 0 Å². The van der Waals surface area contributed by atoms with E-state index in [1.165, 1.54) is 0 Å². The molecule has 0 bridgehead atoms. The molecule has 0 radical (unpaired) electrons. The minimum absolute atomic E-state index is 0.00184. The molecule has 2 rings (SSSR count). The van der Waals surface area contributed by atoms with E-state index in [-0.39, 0.29) is 17.9 Å². The van der Waals surface area contributed by atoms with Gasteiger partial charge >= 0.3 is 0 Å². The fraction of sp³-hybridized carbons (Fsp3) is 0.846. The van der Waals surface area contributed by atoms with Gasteiger partial charge in [-0.2, -0.15) is 0 Å². The van der Waals surface area contributed by atoms with Crippen molar-refractivity contribution in [2.75, 3.05) is 26.2 Å². The van der Waals surface area contributed by atoms with Crippen LogP contribution in [0, 0.1) is 0 Å². The van der Waals surface area contributed by atoms with Crippen LogP contribution in [0.25, 0.3) is 0 Å². The summed E-state index contributed by atoms with van der Waals surface area (Å²) in [6.07, 6.45) is 3.72. The summed E-state index contributed by atoms with van der Waals surface area (Å²) in [4.78, 5) is 25.4. The van der Waals surface area contributed by atoms with Gasteiger partial charge in [-0.25, -0.2) is 0 Å². The maximum Gasteiger partial charge on any atom is 0.249 e. The standard InChI is InChI=1S/C13H23N3O3/c14-9-10-3-4-11(19-10)13(18)15-6-5-12(17)16-7-1-2-8-16/h10-11H,1-9,14H2,(H,15,18). The van der Waals surface area contributed by atoms with Crippen molar-refractivity contribution in [2.24, 2.45) is 5.73 Å². The minimum atomic E-state index is -0.393. The highest BCUT2D eigenvalue weighted by atomic mass is 16.5. The number of likely N-dealkylation sites (tertiary alicyclic amines) is 1. The number of rotatable bonds is 5. The molecule has 0 aromatic heterocycles. The molecule has 2 saturated heterocycles. The van der Waals surface area contributed by atoms with Crippen LogP contribution in [0.15, 0.2) is 0 Å². The molecule has 0 aromatic rings. The molecule has 3 N–H and O–H groups in total. The van der Waals surface area contributed by atoms with Crippen LogP contribution in [0.4, 0.5) is 0 Å². The van der Waals surface area contributed by atoms with Gasteiger partial charge in [0, 0.05) is 32.6 Å². The molecule has 0 saturated carbocycles. The molecule has 2 heterocycles. The van der Waals surface area contributed by atoms with Crippen molar-refractivity contribution >= 4 is 11.8 Å². The molecule has 2 fully saturated rings. The SMILES string of the molecule is NCC1CCC(C(=O)NCCC(=O)N2CCCC2)O1. The fourth-order valence-corrected chi connectivity index (χ4v) is 2.60. The lowest BCUT2D eigenvalue weighted by Crippen LogP contribution is -2.38. The van der Waals surface area contributed by atoms with Crippen LogP contribution in [-0.2, 0) is 14.3 Å². The van der Waals surface area contributed by atoms with E-state index in [0.717, 1.165) is 32.4 Å². The average Bonchev–Trinajstić information content (AvgIpc) is 3.09. The predicted octanol–water partition coefficient (Wildman–Crippen LogP) is -0.379. The topological polar surface area (TPSA) is 84.7 Å². The number of nitrogens with two attached hydrogens (primary N) is 1. The number of carbonyl (C=O) groups excluding carboxylic acids is 2. The summed E-state index contributed by atoms with van der Waals surface area (Å²) >= 11 is 0. The van der Waals surface area contributed by atoms with Crippen LogP contribution in [0.2, 0.25) is 0 Å². The second-order valence-corrected chi connectivity index (χ2v) is 5.19. The summed E-state index contributed by atoms with van der Waals surface area (Å²) in [7, 11) is 0. The van der Waals surface area contributed by atoms with Crippen LogP contribution in [0.5, 0.6) is 0 Å². The van der Waals surface area contributed by atoms with Crippen LogP contribution in [0.3, 0.4) is 0 Å². The normalized spacial score (nSPS) is 26.7. The third kappa shape index (κ3) is 3.91. The highest BCUT2D eigenvalue weighted by Gasteiger charge is 2.29. The molecular formula is C13H23N3O3. The van der Waals surface area contributed by atoms with Gasteiger partial charge in [-0.1, -0.05) is 0 Å². The second-order valence-electron chi connectivity index (χ2n) is 5.19. The van der Waals surface area contributed by atoms with Crippen LogP contribution in [0.1, 0.15) is 32.1 Å². The van der Waals surface area contributed by atoms with E-state index in [4.69, 9.17) is 10.5 Å². The molecular weight excluding hydrogens is 246 g/mol. The molecule has 6 nitrogen and oxygen atoms in total. The van der Waals surface area contributed by atoms with Crippen molar-refractivity contribution in [3.05, 3.63) is 0 Å². The fourth-order valence-electron chi connectivity index (χ4n) is 2.60. The van der Waals surface area contributed by atoms with Crippen LogP contribution in [-0.4, -0.2) is 55.1 Å². The third-order valence-corrected chi connectivity index (χ3v) is 3.76. The Morgan fingerprint density at radius 3 is 2.63 bits per heavy atom. The molecule has 2 amide bonds. The number of hydrogen-bond acceptors (Lipinski definition) is 4. The Balaban J connectivity index is 1.62. The first-order valence-corrected chi connectivity index (χ1v) is 7.11. The Labute approximate surface area is 113 Å². The Hall–Kier alpha value is -1.14. The summed E-state index contributed by atoms with van der Waals surface area (Å²) in [5, 5.41) is 2.77. The summed E-state index contributed by atoms with van der Waals surface area (Å²) in [6.45, 7) is 2.56. The van der Waals surface area contributed by atoms with Gasteiger partial charge in [-0.05, 0) is 25.7 Å². The second kappa shape index (κ2) is 6.86. The van der Waals surface area contributed by atoms with E-state index in [1.807, 2.05) is 4.90 Å². The first-order valence-electron chi connectivity index (χ1n) is 7.11. The molecule has 2 aliphatic rings. The van der Waals surface area contributed by atoms with Crippen LogP contribution < -0.4 is 11.1 Å². The van der Waals surface area contributed by atoms with Crippen molar-refractivity contribution in [1.29, 1.82) is 0 Å². The van der Waals surface area contributed by atoms with Gasteiger partial charge < -0.3 is 20.7 Å². The summed E-state index contributed by atoms with van der Waals surface area (Å²) in [5.74, 6) is 0.00940. The summed E-state index contributed by atoms with van der Waals surface area (Å²) in [5.41, 5.74) is 5.50. The molecule has 0 aromatic carbocycles. The van der Waals surface area contributed by atoms with Gasteiger partial charge in [0.05, 0.1) is 6.10 Å². The Bertz CT molecular complexity index is 329. The molecule has 2 unspecified atom stereocenters. The predicted molar refractivity (Wildman–Crippen MR) is 70.4 cm³/mol. The lowest BCUT2D eigenvalue weighted by molar-refractivity contribution is -0.132. The maximum atomic E-state index is 11.8. The Kier molecular flexibility index (Phi) is 5.15. The van der Waals surface area contributed by atoms with E-state index in [9.17, 15) is 9.59 Å². The highest BCUT2D eigenvalue weighted by molar-refractivity contribution is 5.82. The highest BCUT2D eigenvalue weighted by Crippen LogP contribution is 2.18. The number of amides is 2. The van der Waals surface area contributed by atoms with E-state index in [0.29, 0.717) is 25.9 Å². The average molecular weight is 269 g/mol. The van der Waals surface area contributed by atoms with Crippen molar-refractivity contribution in [3.63, 3.8) is 0 Å². The van der Waals surface area contributed by atoms with Gasteiger partial charge in [0.2, 0.25) is 11.8 Å². The van der Waals surface area contributed by atoms with E-state index >= 15 is 0 Å². The monoisotopic (exact) mass is 269 g/mol. The van der Waals surface area contributed by atoms with Gasteiger partial charge in [0.1, 0.15) is 6.10 Å². The molecule has 0 aliphatic carbocycles. The van der Waals surface area contributed by atoms with Crippen molar-refractivity contribution in [3.8, 4) is 0 Å². The van der Waals surface area contributed by atoms with E-state index in [1.54, 1.807) is 0 Å². The Morgan fingerprint density at radius 1 is 1.26 bits per heavy atom. The third-order valence-electron chi connectivity index (χ3n) is 3.76. The molecule has 6 heteroatoms. The molecule has 2 aliphatic heterocycles. The van der Waals surface area contributed by atoms with Crippen molar-refractivity contribution in [1.82, 2.24) is 10.2 Å². The smallest absolute Gasteiger partial charge is 0.249 e. The van der Waals surface area contributed by atoms with Crippen molar-refractivity contribution < 1.29 is 14.3 Å². The molecule has 0 spiro atoms. The van der Waals surface area contributed by atoms with Gasteiger partial charge in [0.25, 0.3) is 0 Å². The zero-order valence-corrected chi connectivity index (χ0v) is 11.3. The van der Waals surface area contributed by atoms with E-state index < -0.39 is 6.10 Å². The first-order chi connectivity index (χ1) is 9.20. The lowest BCUT2D eigenvalue weighted by atomic mass is 10.2. The largest absolute Gasteiger partial charge is 0.364 e. The lowest BCUT2D eigenvalue weighted by Gasteiger charge is -2.16. The van der Waals surface area contributed by atoms with Crippen molar-refractivity contribution in [2.45, 2.75) is 44.3 Å². The number of ether oxygens (including phenoxy) is 1. The first kappa shape index (κ1) is 14.3. The quantitative estimate of drug-likeness (QED) is 0.712. The number of nitrogens with one attached hydrogen (secondary N) is 1. The van der Waals surface area contributed by atoms with Gasteiger partial charge in [-0.15, -0.1) is 0 Å². The molecule has 108 valence electrons. The zero-order valence-electron chi connectivity index (χ0n) is 11.3.